The van der Waals surface area contributed by atoms with Crippen molar-refractivity contribution in [2.24, 2.45) is 11.8 Å². The number of ether oxygens (including phenoxy) is 1. The molecule has 5 nitrogen and oxygen atoms in total. The van der Waals surface area contributed by atoms with Crippen LogP contribution in [0.25, 0.3) is 10.9 Å². The molecule has 3 rings (SSSR count). The van der Waals surface area contributed by atoms with Crippen molar-refractivity contribution in [3.8, 4) is 6.07 Å². The number of carbonyl (C=O) groups excluding carboxylic acids is 1. The summed E-state index contributed by atoms with van der Waals surface area (Å²) in [7, 11) is 1.34. The number of pyridine rings is 1. The Hall–Kier alpha value is -2.82. The van der Waals surface area contributed by atoms with E-state index in [1.165, 1.54) is 19.4 Å². The van der Waals surface area contributed by atoms with E-state index in [1.807, 2.05) is 17.9 Å². The van der Waals surface area contributed by atoms with Gasteiger partial charge in [-0.2, -0.15) is 18.4 Å². The van der Waals surface area contributed by atoms with E-state index in [-0.39, 0.29) is 28.8 Å². The SMILES string of the molecule is COC(=O)C1CCN(c2c(C#N)cnc3ccc(C(F)(F)F)cc23)CC1C. The molecule has 0 aliphatic carbocycles. The topological polar surface area (TPSA) is 66.2 Å². The Balaban J connectivity index is 2.07. The molecule has 2 heterocycles. The minimum Gasteiger partial charge on any atom is -0.469 e. The van der Waals surface area contributed by atoms with E-state index in [4.69, 9.17) is 4.74 Å². The maximum Gasteiger partial charge on any atom is 0.416 e. The number of hydrogen-bond donors (Lipinski definition) is 0. The normalized spacial score (nSPS) is 20.4. The molecule has 2 aromatic rings. The Morgan fingerprint density at radius 1 is 1.41 bits per heavy atom. The molecule has 2 atom stereocenters. The summed E-state index contributed by atoms with van der Waals surface area (Å²) >= 11 is 0. The standard InChI is InChI=1S/C19H18F3N3O2/c1-11-10-25(6-5-14(11)18(26)27-2)17-12(8-23)9-24-16-4-3-13(7-15(16)17)19(20,21)22/h3-4,7,9,11,14H,5-6,10H2,1-2H3. The highest BCUT2D eigenvalue weighted by Gasteiger charge is 2.34. The van der Waals surface area contributed by atoms with E-state index < -0.39 is 11.7 Å². The van der Waals surface area contributed by atoms with Crippen molar-refractivity contribution in [2.45, 2.75) is 19.5 Å². The minimum absolute atomic E-state index is 0.0632. The predicted octanol–water partition coefficient (Wildman–Crippen LogP) is 3.76. The summed E-state index contributed by atoms with van der Waals surface area (Å²) in [6.07, 6.45) is -2.61. The molecule has 27 heavy (non-hydrogen) atoms. The number of alkyl halides is 3. The van der Waals surface area contributed by atoms with Crippen LogP contribution in [0.5, 0.6) is 0 Å². The number of hydrogen-bond acceptors (Lipinski definition) is 5. The summed E-state index contributed by atoms with van der Waals surface area (Å²) in [6.45, 7) is 2.77. The molecule has 0 saturated carbocycles. The number of halogens is 3. The van der Waals surface area contributed by atoms with Gasteiger partial charge in [0.25, 0.3) is 0 Å². The first kappa shape index (κ1) is 19.0. The molecule has 142 valence electrons. The number of fused-ring (bicyclic) bond motifs is 1. The molecule has 1 aromatic heterocycles. The number of benzene rings is 1. The van der Waals surface area contributed by atoms with Gasteiger partial charge in [0.2, 0.25) is 0 Å². The zero-order valence-electron chi connectivity index (χ0n) is 14.9. The van der Waals surface area contributed by atoms with Gasteiger partial charge in [-0.15, -0.1) is 0 Å². The Morgan fingerprint density at radius 3 is 2.74 bits per heavy atom. The van der Waals surface area contributed by atoms with E-state index >= 15 is 0 Å². The molecule has 0 bridgehead atoms. The van der Waals surface area contributed by atoms with Crippen molar-refractivity contribution in [3.63, 3.8) is 0 Å². The Kier molecular flexibility index (Phi) is 4.96. The van der Waals surface area contributed by atoms with Gasteiger partial charge in [-0.3, -0.25) is 9.78 Å². The second kappa shape index (κ2) is 7.06. The first-order chi connectivity index (χ1) is 12.8. The van der Waals surface area contributed by atoms with Crippen molar-refractivity contribution in [1.82, 2.24) is 4.98 Å². The van der Waals surface area contributed by atoms with Crippen LogP contribution in [-0.2, 0) is 15.7 Å². The van der Waals surface area contributed by atoms with E-state index in [9.17, 15) is 23.2 Å². The van der Waals surface area contributed by atoms with E-state index in [0.29, 0.717) is 30.7 Å². The first-order valence-electron chi connectivity index (χ1n) is 8.49. The van der Waals surface area contributed by atoms with Crippen LogP contribution < -0.4 is 4.90 Å². The molecule has 0 N–H and O–H groups in total. The number of esters is 1. The molecular formula is C19H18F3N3O2. The van der Waals surface area contributed by atoms with Crippen LogP contribution in [0.1, 0.15) is 24.5 Å². The lowest BCUT2D eigenvalue weighted by Gasteiger charge is -2.37. The summed E-state index contributed by atoms with van der Waals surface area (Å²) in [6, 6.07) is 5.36. The van der Waals surface area contributed by atoms with Crippen LogP contribution in [0, 0.1) is 23.2 Å². The quantitative estimate of drug-likeness (QED) is 0.746. The van der Waals surface area contributed by atoms with Gasteiger partial charge in [-0.25, -0.2) is 0 Å². The molecule has 1 saturated heterocycles. The van der Waals surface area contributed by atoms with Gasteiger partial charge in [0, 0.05) is 24.7 Å². The highest BCUT2D eigenvalue weighted by atomic mass is 19.4. The third-order valence-corrected chi connectivity index (χ3v) is 5.01. The zero-order chi connectivity index (χ0) is 19.8. The van der Waals surface area contributed by atoms with Crippen LogP contribution in [0.4, 0.5) is 18.9 Å². The fraction of sp³-hybridized carbons (Fsp3) is 0.421. The molecule has 8 heteroatoms. The molecule has 1 aromatic carbocycles. The second-order valence-corrected chi connectivity index (χ2v) is 6.70. The lowest BCUT2D eigenvalue weighted by Crippen LogP contribution is -2.43. The van der Waals surface area contributed by atoms with Gasteiger partial charge in [0.15, 0.2) is 0 Å². The highest BCUT2D eigenvalue weighted by molar-refractivity contribution is 5.95. The second-order valence-electron chi connectivity index (χ2n) is 6.70. The van der Waals surface area contributed by atoms with E-state index in [1.54, 1.807) is 0 Å². The molecule has 0 radical (unpaired) electrons. The van der Waals surface area contributed by atoms with E-state index in [0.717, 1.165) is 12.1 Å². The number of anilines is 1. The summed E-state index contributed by atoms with van der Waals surface area (Å²) in [5.74, 6) is -0.621. The van der Waals surface area contributed by atoms with Gasteiger partial charge in [-0.1, -0.05) is 6.92 Å². The average molecular weight is 377 g/mol. The monoisotopic (exact) mass is 377 g/mol. The van der Waals surface area contributed by atoms with Crippen molar-refractivity contribution in [2.75, 3.05) is 25.1 Å². The molecule has 1 fully saturated rings. The zero-order valence-corrected chi connectivity index (χ0v) is 14.9. The van der Waals surface area contributed by atoms with Crippen molar-refractivity contribution < 1.29 is 22.7 Å². The fourth-order valence-electron chi connectivity index (χ4n) is 3.63. The molecule has 1 aliphatic heterocycles. The van der Waals surface area contributed by atoms with Crippen LogP contribution in [0.2, 0.25) is 0 Å². The number of nitriles is 1. The maximum atomic E-state index is 13.2. The summed E-state index contributed by atoms with van der Waals surface area (Å²) < 4.78 is 44.3. The Morgan fingerprint density at radius 2 is 2.15 bits per heavy atom. The number of aromatic nitrogens is 1. The number of methoxy groups -OCH3 is 1. The summed E-state index contributed by atoms with van der Waals surface area (Å²) in [5.41, 5.74) is 0.250. The largest absolute Gasteiger partial charge is 0.469 e. The van der Waals surface area contributed by atoms with Gasteiger partial charge in [0.05, 0.1) is 35.4 Å². The lowest BCUT2D eigenvalue weighted by molar-refractivity contribution is -0.147. The van der Waals surface area contributed by atoms with Gasteiger partial charge in [-0.05, 0) is 30.5 Å². The number of nitrogens with zero attached hydrogens (tertiary/aromatic N) is 3. The van der Waals surface area contributed by atoms with E-state index in [2.05, 4.69) is 4.98 Å². The average Bonchev–Trinajstić information content (AvgIpc) is 2.65. The third-order valence-electron chi connectivity index (χ3n) is 5.01. The van der Waals surface area contributed by atoms with Crippen LogP contribution in [-0.4, -0.2) is 31.2 Å². The maximum absolute atomic E-state index is 13.2. The third kappa shape index (κ3) is 3.54. The smallest absolute Gasteiger partial charge is 0.416 e. The van der Waals surface area contributed by atoms with Crippen molar-refractivity contribution in [1.29, 1.82) is 5.26 Å². The van der Waals surface area contributed by atoms with Crippen molar-refractivity contribution >= 4 is 22.6 Å². The number of rotatable bonds is 2. The molecule has 0 spiro atoms. The lowest BCUT2D eigenvalue weighted by atomic mass is 9.86. The minimum atomic E-state index is -4.49. The van der Waals surface area contributed by atoms with Gasteiger partial charge < -0.3 is 9.64 Å². The molecule has 0 amide bonds. The molecule has 2 unspecified atom stereocenters. The van der Waals surface area contributed by atoms with Crippen LogP contribution in [0.15, 0.2) is 24.4 Å². The number of piperidine rings is 1. The first-order valence-corrected chi connectivity index (χ1v) is 8.49. The molecular weight excluding hydrogens is 359 g/mol. The summed E-state index contributed by atoms with van der Waals surface area (Å²) in [4.78, 5) is 17.9. The number of carbonyl (C=O) groups is 1. The van der Waals surface area contributed by atoms with Gasteiger partial charge in [0.1, 0.15) is 6.07 Å². The summed E-state index contributed by atoms with van der Waals surface area (Å²) in [5, 5.41) is 9.75. The van der Waals surface area contributed by atoms with Crippen LogP contribution >= 0.6 is 0 Å². The van der Waals surface area contributed by atoms with Gasteiger partial charge >= 0.3 is 12.1 Å². The van der Waals surface area contributed by atoms with Crippen LogP contribution in [0.3, 0.4) is 0 Å². The Labute approximate surface area is 154 Å². The van der Waals surface area contributed by atoms with Crippen molar-refractivity contribution in [3.05, 3.63) is 35.5 Å². The molecule has 1 aliphatic rings. The fourth-order valence-corrected chi connectivity index (χ4v) is 3.63. The highest BCUT2D eigenvalue weighted by Crippen LogP contribution is 2.37. The predicted molar refractivity (Wildman–Crippen MR) is 93.0 cm³/mol. The Bertz CT molecular complexity index is 921.